The largest absolute Gasteiger partial charge is 0.497 e. The minimum absolute atomic E-state index is 0.219. The molecule has 0 aliphatic carbocycles. The van der Waals surface area contributed by atoms with Gasteiger partial charge in [-0.25, -0.2) is 0 Å². The molecule has 0 bridgehead atoms. The van der Waals surface area contributed by atoms with Gasteiger partial charge in [0.1, 0.15) is 11.5 Å². The van der Waals surface area contributed by atoms with Gasteiger partial charge < -0.3 is 19.5 Å². The van der Waals surface area contributed by atoms with Crippen LogP contribution in [0.25, 0.3) is 0 Å². The zero-order valence-corrected chi connectivity index (χ0v) is 13.2. The summed E-state index contributed by atoms with van der Waals surface area (Å²) in [4.78, 5) is 2.42. The Bertz CT molecular complexity index is 434. The summed E-state index contributed by atoms with van der Waals surface area (Å²) in [6, 6.07) is 6.12. The molecule has 1 saturated heterocycles. The van der Waals surface area contributed by atoms with Gasteiger partial charge in [0.2, 0.25) is 0 Å². The Morgan fingerprint density at radius 2 is 2.00 bits per heavy atom. The molecule has 1 aliphatic heterocycles. The molecule has 1 aromatic rings. The fourth-order valence-electron chi connectivity index (χ4n) is 2.55. The molecule has 0 aromatic heterocycles. The zero-order chi connectivity index (χ0) is 15.1. The lowest BCUT2D eigenvalue weighted by Gasteiger charge is -2.27. The van der Waals surface area contributed by atoms with Gasteiger partial charge in [-0.3, -0.25) is 4.90 Å². The van der Waals surface area contributed by atoms with Gasteiger partial charge >= 0.3 is 0 Å². The lowest BCUT2D eigenvalue weighted by Crippen LogP contribution is -2.40. The summed E-state index contributed by atoms with van der Waals surface area (Å²) in [7, 11) is 3.38. The number of ether oxygens (including phenoxy) is 3. The minimum atomic E-state index is 0.219. The summed E-state index contributed by atoms with van der Waals surface area (Å²) in [5.41, 5.74) is 1.12. The number of nitrogens with zero attached hydrogens (tertiary/aromatic N) is 1. The van der Waals surface area contributed by atoms with Crippen LogP contribution in [-0.4, -0.2) is 58.5 Å². The molecule has 1 atom stereocenters. The maximum atomic E-state index is 5.44. The number of nitrogens with one attached hydrogen (secondary N) is 1. The highest BCUT2D eigenvalue weighted by Crippen LogP contribution is 2.29. The van der Waals surface area contributed by atoms with Gasteiger partial charge in [-0.2, -0.15) is 0 Å². The van der Waals surface area contributed by atoms with Crippen LogP contribution < -0.4 is 14.8 Å². The SMILES string of the molecule is COc1ccc(OC)c(C(C)NCCN2CCOCC2)c1. The summed E-state index contributed by atoms with van der Waals surface area (Å²) in [6.45, 7) is 7.88. The first-order valence-electron chi connectivity index (χ1n) is 7.50. The van der Waals surface area contributed by atoms with Crippen molar-refractivity contribution in [2.24, 2.45) is 0 Å². The summed E-state index contributed by atoms with van der Waals surface area (Å²) in [6.07, 6.45) is 0. The Morgan fingerprint density at radius 3 is 2.67 bits per heavy atom. The molecule has 118 valence electrons. The molecular weight excluding hydrogens is 268 g/mol. The summed E-state index contributed by atoms with van der Waals surface area (Å²) in [5.74, 6) is 1.75. The van der Waals surface area contributed by atoms with Crippen LogP contribution in [0, 0.1) is 0 Å². The first kappa shape index (κ1) is 16.1. The Balaban J connectivity index is 1.88. The van der Waals surface area contributed by atoms with Gasteiger partial charge in [0.25, 0.3) is 0 Å². The molecule has 1 aromatic carbocycles. The zero-order valence-electron chi connectivity index (χ0n) is 13.2. The predicted molar refractivity (Wildman–Crippen MR) is 83.2 cm³/mol. The molecule has 1 unspecified atom stereocenters. The van der Waals surface area contributed by atoms with Crippen molar-refractivity contribution >= 4 is 0 Å². The summed E-state index contributed by atoms with van der Waals surface area (Å²) >= 11 is 0. The molecule has 0 amide bonds. The van der Waals surface area contributed by atoms with E-state index in [9.17, 15) is 0 Å². The molecule has 1 N–H and O–H groups in total. The molecule has 1 fully saturated rings. The van der Waals surface area contributed by atoms with Gasteiger partial charge in [-0.15, -0.1) is 0 Å². The highest BCUT2D eigenvalue weighted by atomic mass is 16.5. The highest BCUT2D eigenvalue weighted by Gasteiger charge is 2.14. The van der Waals surface area contributed by atoms with Crippen LogP contribution in [-0.2, 0) is 4.74 Å². The van der Waals surface area contributed by atoms with Crippen molar-refractivity contribution in [2.75, 3.05) is 53.6 Å². The Labute approximate surface area is 127 Å². The van der Waals surface area contributed by atoms with Crippen molar-refractivity contribution < 1.29 is 14.2 Å². The van der Waals surface area contributed by atoms with Gasteiger partial charge in [-0.1, -0.05) is 0 Å². The molecule has 0 spiro atoms. The van der Waals surface area contributed by atoms with E-state index in [2.05, 4.69) is 17.1 Å². The summed E-state index contributed by atoms with van der Waals surface area (Å²) < 4.78 is 16.1. The predicted octanol–water partition coefficient (Wildman–Crippen LogP) is 1.69. The van der Waals surface area contributed by atoms with Gasteiger partial charge in [0.15, 0.2) is 0 Å². The van der Waals surface area contributed by atoms with Crippen molar-refractivity contribution in [1.29, 1.82) is 0 Å². The third-order valence-corrected chi connectivity index (χ3v) is 3.89. The second kappa shape index (κ2) is 8.22. The highest BCUT2D eigenvalue weighted by molar-refractivity contribution is 5.42. The lowest BCUT2D eigenvalue weighted by molar-refractivity contribution is 0.0382. The quantitative estimate of drug-likeness (QED) is 0.829. The van der Waals surface area contributed by atoms with Crippen LogP contribution in [0.4, 0.5) is 0 Å². The van der Waals surface area contributed by atoms with E-state index in [0.29, 0.717) is 0 Å². The maximum Gasteiger partial charge on any atom is 0.123 e. The lowest BCUT2D eigenvalue weighted by atomic mass is 10.1. The number of hydrogen-bond donors (Lipinski definition) is 1. The van der Waals surface area contributed by atoms with Crippen molar-refractivity contribution in [1.82, 2.24) is 10.2 Å². The maximum absolute atomic E-state index is 5.44. The normalized spacial score (nSPS) is 17.5. The second-order valence-electron chi connectivity index (χ2n) is 5.24. The number of benzene rings is 1. The van der Waals surface area contributed by atoms with E-state index in [1.54, 1.807) is 14.2 Å². The van der Waals surface area contributed by atoms with Crippen LogP contribution in [0.3, 0.4) is 0 Å². The Kier molecular flexibility index (Phi) is 6.29. The molecule has 0 saturated carbocycles. The number of rotatable bonds is 7. The minimum Gasteiger partial charge on any atom is -0.497 e. The Morgan fingerprint density at radius 1 is 1.24 bits per heavy atom. The Hall–Kier alpha value is -1.30. The fourth-order valence-corrected chi connectivity index (χ4v) is 2.55. The molecule has 5 nitrogen and oxygen atoms in total. The number of hydrogen-bond acceptors (Lipinski definition) is 5. The van der Waals surface area contributed by atoms with E-state index in [1.165, 1.54) is 0 Å². The van der Waals surface area contributed by atoms with Crippen molar-refractivity contribution in [3.05, 3.63) is 23.8 Å². The number of morpholine rings is 1. The van der Waals surface area contributed by atoms with Crippen molar-refractivity contribution in [3.63, 3.8) is 0 Å². The van der Waals surface area contributed by atoms with Crippen molar-refractivity contribution in [3.8, 4) is 11.5 Å². The average Bonchev–Trinajstić information content (AvgIpc) is 2.55. The van der Waals surface area contributed by atoms with E-state index in [4.69, 9.17) is 14.2 Å². The van der Waals surface area contributed by atoms with Crippen LogP contribution in [0.15, 0.2) is 18.2 Å². The van der Waals surface area contributed by atoms with Crippen LogP contribution in [0.5, 0.6) is 11.5 Å². The van der Waals surface area contributed by atoms with Crippen LogP contribution in [0.1, 0.15) is 18.5 Å². The van der Waals surface area contributed by atoms with E-state index in [1.807, 2.05) is 18.2 Å². The van der Waals surface area contributed by atoms with Gasteiger partial charge in [-0.05, 0) is 25.1 Å². The first-order valence-corrected chi connectivity index (χ1v) is 7.50. The molecule has 21 heavy (non-hydrogen) atoms. The van der Waals surface area contributed by atoms with Gasteiger partial charge in [0, 0.05) is 37.8 Å². The molecule has 0 radical (unpaired) electrons. The van der Waals surface area contributed by atoms with Crippen LogP contribution >= 0.6 is 0 Å². The smallest absolute Gasteiger partial charge is 0.123 e. The topological polar surface area (TPSA) is 43.0 Å². The molecule has 5 heteroatoms. The van der Waals surface area contributed by atoms with E-state index < -0.39 is 0 Å². The standard InChI is InChI=1S/C16H26N2O3/c1-13(17-6-7-18-8-10-21-11-9-18)15-12-14(19-2)4-5-16(15)20-3/h4-5,12-13,17H,6-11H2,1-3H3. The third kappa shape index (κ3) is 4.59. The second-order valence-corrected chi connectivity index (χ2v) is 5.24. The number of methoxy groups -OCH3 is 2. The molecular formula is C16H26N2O3. The first-order chi connectivity index (χ1) is 10.2. The summed E-state index contributed by atoms with van der Waals surface area (Å²) in [5, 5.41) is 3.55. The van der Waals surface area contributed by atoms with E-state index in [0.717, 1.165) is 56.5 Å². The third-order valence-electron chi connectivity index (χ3n) is 3.89. The van der Waals surface area contributed by atoms with E-state index >= 15 is 0 Å². The van der Waals surface area contributed by atoms with Crippen LogP contribution in [0.2, 0.25) is 0 Å². The average molecular weight is 294 g/mol. The van der Waals surface area contributed by atoms with Crippen molar-refractivity contribution in [2.45, 2.75) is 13.0 Å². The monoisotopic (exact) mass is 294 g/mol. The van der Waals surface area contributed by atoms with Gasteiger partial charge in [0.05, 0.1) is 27.4 Å². The van der Waals surface area contributed by atoms with E-state index in [-0.39, 0.29) is 6.04 Å². The molecule has 2 rings (SSSR count). The fraction of sp³-hybridized carbons (Fsp3) is 0.625. The molecule has 1 aliphatic rings. The molecule has 1 heterocycles.